The van der Waals surface area contributed by atoms with Crippen LogP contribution in [0.3, 0.4) is 0 Å². The van der Waals surface area contributed by atoms with E-state index in [0.29, 0.717) is 16.6 Å². The average molecular weight is 372 g/mol. The molecule has 27 heavy (non-hydrogen) atoms. The number of aliphatic hydroxyl groups is 1. The Morgan fingerprint density at radius 1 is 1.37 bits per heavy atom. The highest BCUT2D eigenvalue weighted by Gasteiger charge is 2.23. The number of halogens is 1. The molecule has 0 aliphatic rings. The molecule has 7 nitrogen and oxygen atoms in total. The number of amides is 1. The molecule has 0 atom stereocenters. The van der Waals surface area contributed by atoms with Crippen molar-refractivity contribution < 1.29 is 19.1 Å². The molecule has 2 heterocycles. The molecular weight excluding hydrogens is 351 g/mol. The second-order valence-corrected chi connectivity index (χ2v) is 6.86. The molecule has 0 saturated carbocycles. The number of nitrogens with zero attached hydrogens (tertiary/aromatic N) is 1. The van der Waals surface area contributed by atoms with Crippen LogP contribution < -0.4 is 10.8 Å². The van der Waals surface area contributed by atoms with Crippen molar-refractivity contribution in [3.8, 4) is 0 Å². The van der Waals surface area contributed by atoms with Gasteiger partial charge in [0.25, 0.3) is 5.91 Å². The van der Waals surface area contributed by atoms with Crippen LogP contribution in [0, 0.1) is 12.7 Å². The van der Waals surface area contributed by atoms with Crippen molar-refractivity contribution >= 4 is 28.2 Å². The van der Waals surface area contributed by atoms with E-state index < -0.39 is 17.3 Å². The van der Waals surface area contributed by atoms with E-state index in [1.807, 2.05) is 0 Å². The van der Waals surface area contributed by atoms with E-state index in [4.69, 9.17) is 4.84 Å². The van der Waals surface area contributed by atoms with Crippen molar-refractivity contribution in [3.63, 3.8) is 0 Å². The fourth-order valence-electron chi connectivity index (χ4n) is 2.46. The number of carbonyl (C=O) groups is 1. The Hall–Kier alpha value is -2.97. The van der Waals surface area contributed by atoms with Crippen LogP contribution in [-0.4, -0.2) is 33.2 Å². The Kier molecular flexibility index (Phi) is 5.11. The fraction of sp³-hybridized carbons (Fsp3) is 0.263. The zero-order chi connectivity index (χ0) is 19.6. The highest BCUT2D eigenvalue weighted by molar-refractivity contribution is 6.08. The minimum Gasteiger partial charge on any atom is -0.393 e. The number of rotatable bonds is 6. The number of H-pyrrole nitrogens is 1. The number of aromatic nitrogens is 2. The summed E-state index contributed by atoms with van der Waals surface area (Å²) in [5.41, 5.74) is 3.59. The smallest absolute Gasteiger partial charge is 0.293 e. The third-order valence-corrected chi connectivity index (χ3v) is 4.01. The Morgan fingerprint density at radius 2 is 2.15 bits per heavy atom. The van der Waals surface area contributed by atoms with Gasteiger partial charge in [-0.3, -0.25) is 14.6 Å². The summed E-state index contributed by atoms with van der Waals surface area (Å²) in [7, 11) is 0. The van der Waals surface area contributed by atoms with Gasteiger partial charge in [0.15, 0.2) is 0 Å². The maximum absolute atomic E-state index is 14.3. The molecule has 0 unspecified atom stereocenters. The lowest BCUT2D eigenvalue weighted by atomic mass is 10.2. The summed E-state index contributed by atoms with van der Waals surface area (Å²) in [6.07, 6.45) is 3.16. The number of hydrogen-bond acceptors (Lipinski definition) is 5. The number of pyridine rings is 1. The topological polar surface area (TPSA) is 99.3 Å². The molecule has 0 radical (unpaired) electrons. The van der Waals surface area contributed by atoms with Gasteiger partial charge in [0.2, 0.25) is 0 Å². The van der Waals surface area contributed by atoms with E-state index in [1.165, 1.54) is 6.07 Å². The van der Waals surface area contributed by atoms with Crippen molar-refractivity contribution in [2.45, 2.75) is 26.4 Å². The molecule has 3 rings (SSSR count). The van der Waals surface area contributed by atoms with E-state index in [9.17, 15) is 14.3 Å². The van der Waals surface area contributed by atoms with Crippen LogP contribution in [0.4, 0.5) is 15.8 Å². The molecule has 142 valence electrons. The molecular formula is C19H21FN4O3. The summed E-state index contributed by atoms with van der Waals surface area (Å²) in [4.78, 5) is 24.9. The predicted octanol–water partition coefficient (Wildman–Crippen LogP) is 3.19. The fourth-order valence-corrected chi connectivity index (χ4v) is 2.46. The van der Waals surface area contributed by atoms with Gasteiger partial charge in [-0.2, -0.15) is 0 Å². The van der Waals surface area contributed by atoms with Gasteiger partial charge >= 0.3 is 0 Å². The second-order valence-electron chi connectivity index (χ2n) is 6.86. The molecule has 3 aromatic rings. The molecule has 0 aliphatic carbocycles. The maximum atomic E-state index is 14.3. The van der Waals surface area contributed by atoms with Crippen molar-refractivity contribution in [3.05, 3.63) is 53.7 Å². The lowest BCUT2D eigenvalue weighted by Crippen LogP contribution is -2.38. The van der Waals surface area contributed by atoms with Gasteiger partial charge in [0, 0.05) is 17.8 Å². The summed E-state index contributed by atoms with van der Waals surface area (Å²) in [6.45, 7) is 4.78. The number of aryl methyl sites for hydroxylation is 1. The average Bonchev–Trinajstić information content (AvgIpc) is 3.01. The van der Waals surface area contributed by atoms with E-state index in [1.54, 1.807) is 51.4 Å². The van der Waals surface area contributed by atoms with Gasteiger partial charge < -0.3 is 15.4 Å². The quantitative estimate of drug-likeness (QED) is 0.498. The van der Waals surface area contributed by atoms with Gasteiger partial charge in [-0.15, -0.1) is 0 Å². The lowest BCUT2D eigenvalue weighted by molar-refractivity contribution is -0.0957. The number of aromatic amines is 1. The third-order valence-electron chi connectivity index (χ3n) is 4.01. The predicted molar refractivity (Wildman–Crippen MR) is 100 cm³/mol. The van der Waals surface area contributed by atoms with Gasteiger partial charge in [0.05, 0.1) is 23.5 Å². The van der Waals surface area contributed by atoms with Gasteiger partial charge in [-0.1, -0.05) is 6.07 Å². The van der Waals surface area contributed by atoms with Crippen LogP contribution in [0.25, 0.3) is 10.9 Å². The molecule has 0 bridgehead atoms. The van der Waals surface area contributed by atoms with Gasteiger partial charge in [0.1, 0.15) is 17.1 Å². The molecule has 0 saturated heterocycles. The Balaban J connectivity index is 1.97. The molecule has 2 aromatic heterocycles. The molecule has 4 N–H and O–H groups in total. The summed E-state index contributed by atoms with van der Waals surface area (Å²) in [5.74, 6) is -1.000. The van der Waals surface area contributed by atoms with E-state index >= 15 is 0 Å². The van der Waals surface area contributed by atoms with Gasteiger partial charge in [-0.25, -0.2) is 9.87 Å². The molecule has 1 amide bonds. The van der Waals surface area contributed by atoms with Crippen LogP contribution in [0.1, 0.15) is 29.9 Å². The highest BCUT2D eigenvalue weighted by atomic mass is 19.1. The molecule has 0 spiro atoms. The molecule has 0 aliphatic heterocycles. The number of aliphatic hydroxyl groups excluding tert-OH is 1. The number of benzene rings is 1. The maximum Gasteiger partial charge on any atom is 0.293 e. The second kappa shape index (κ2) is 7.34. The number of hydroxylamine groups is 1. The number of hydrogen-bond donors (Lipinski definition) is 4. The SMILES string of the molecule is Cc1ccc(Nc2c(C(=O)NOC(C)(C)CO)[nH]c3ccncc23)c(F)c1. The zero-order valence-corrected chi connectivity index (χ0v) is 15.3. The number of fused-ring (bicyclic) bond motifs is 1. The third kappa shape index (κ3) is 4.07. The highest BCUT2D eigenvalue weighted by Crippen LogP contribution is 2.31. The number of carbonyl (C=O) groups excluding carboxylic acids is 1. The minimum absolute atomic E-state index is 0.159. The largest absolute Gasteiger partial charge is 0.393 e. The molecule has 1 aromatic carbocycles. The Morgan fingerprint density at radius 3 is 2.85 bits per heavy atom. The normalized spacial score (nSPS) is 11.6. The van der Waals surface area contributed by atoms with Crippen molar-refractivity contribution in [2.75, 3.05) is 11.9 Å². The van der Waals surface area contributed by atoms with E-state index in [-0.39, 0.29) is 18.0 Å². The summed E-state index contributed by atoms with van der Waals surface area (Å²) in [5, 5.41) is 12.8. The first-order valence-electron chi connectivity index (χ1n) is 8.39. The Bertz CT molecular complexity index is 984. The Labute approximate surface area is 155 Å². The van der Waals surface area contributed by atoms with Crippen LogP contribution in [0.5, 0.6) is 0 Å². The first kappa shape index (κ1) is 18.8. The first-order valence-corrected chi connectivity index (χ1v) is 8.39. The summed E-state index contributed by atoms with van der Waals surface area (Å²) < 4.78 is 14.3. The van der Waals surface area contributed by atoms with Crippen molar-refractivity contribution in [1.29, 1.82) is 0 Å². The summed E-state index contributed by atoms with van der Waals surface area (Å²) >= 11 is 0. The first-order chi connectivity index (χ1) is 12.8. The standard InChI is InChI=1S/C19H21FN4O3/c1-11-4-5-15(13(20)8-11)23-16-12-9-21-7-6-14(12)22-17(16)18(26)24-27-19(2,3)10-25/h4-9,22-23,25H,10H2,1-3H3,(H,24,26). The van der Waals surface area contributed by atoms with E-state index in [0.717, 1.165) is 5.56 Å². The van der Waals surface area contributed by atoms with Crippen LogP contribution in [0.2, 0.25) is 0 Å². The van der Waals surface area contributed by atoms with Crippen LogP contribution in [0.15, 0.2) is 36.7 Å². The van der Waals surface area contributed by atoms with E-state index in [2.05, 4.69) is 20.8 Å². The lowest BCUT2D eigenvalue weighted by Gasteiger charge is -2.21. The van der Waals surface area contributed by atoms with Gasteiger partial charge in [-0.05, 0) is 44.5 Å². The monoisotopic (exact) mass is 372 g/mol. The molecule has 8 heteroatoms. The van der Waals surface area contributed by atoms with Crippen LogP contribution >= 0.6 is 0 Å². The van der Waals surface area contributed by atoms with Crippen molar-refractivity contribution in [1.82, 2.24) is 15.4 Å². The van der Waals surface area contributed by atoms with Crippen LogP contribution in [-0.2, 0) is 4.84 Å². The summed E-state index contributed by atoms with van der Waals surface area (Å²) in [6, 6.07) is 6.49. The zero-order valence-electron chi connectivity index (χ0n) is 15.3. The van der Waals surface area contributed by atoms with Crippen molar-refractivity contribution in [2.24, 2.45) is 0 Å². The molecule has 0 fully saturated rings. The number of nitrogens with one attached hydrogen (secondary N) is 3. The minimum atomic E-state index is -0.945. The number of anilines is 2.